The van der Waals surface area contributed by atoms with E-state index in [9.17, 15) is 4.39 Å². The average Bonchev–Trinajstić information content (AvgIpc) is 2.69. The molecule has 0 unspecified atom stereocenters. The maximum Gasteiger partial charge on any atom is 0.253 e. The van der Waals surface area contributed by atoms with Gasteiger partial charge in [0, 0.05) is 5.56 Å². The van der Waals surface area contributed by atoms with Crippen molar-refractivity contribution < 1.29 is 21.7 Å². The van der Waals surface area contributed by atoms with E-state index in [4.69, 9.17) is 0 Å². The molecule has 1 N–H and O–H groups in total. The van der Waals surface area contributed by atoms with Crippen molar-refractivity contribution in [2.45, 2.75) is 19.3 Å². The largest absolute Gasteiger partial charge is 1.00 e. The van der Waals surface area contributed by atoms with Gasteiger partial charge in [-0.15, -0.1) is 5.10 Å². The number of piperidine rings is 1. The highest BCUT2D eigenvalue weighted by Gasteiger charge is 2.23. The Morgan fingerprint density at radius 2 is 1.46 bits per heavy atom. The molecule has 2 aromatic carbocycles. The lowest BCUT2D eigenvalue weighted by molar-refractivity contribution is -0.840. The molecule has 134 valence electrons. The average molecular weight is 370 g/mol. The fourth-order valence-corrected chi connectivity index (χ4v) is 3.47. The third kappa shape index (κ3) is 3.92. The highest BCUT2D eigenvalue weighted by molar-refractivity contribution is 5.75. The molecule has 3 nitrogen and oxygen atoms in total. The van der Waals surface area contributed by atoms with Crippen LogP contribution in [0.15, 0.2) is 60.7 Å². The highest BCUT2D eigenvalue weighted by Crippen LogP contribution is 2.28. The van der Waals surface area contributed by atoms with Gasteiger partial charge in [0.2, 0.25) is 0 Å². The number of nitrogens with one attached hydrogen (secondary N) is 1. The molecule has 1 aliphatic heterocycles. The van der Waals surface area contributed by atoms with Crippen molar-refractivity contribution in [1.82, 2.24) is 10.2 Å². The second kappa shape index (κ2) is 8.39. The van der Waals surface area contributed by atoms with E-state index < -0.39 is 0 Å². The Morgan fingerprint density at radius 1 is 0.769 bits per heavy atom. The molecule has 1 saturated heterocycles. The first-order chi connectivity index (χ1) is 12.3. The van der Waals surface area contributed by atoms with E-state index in [2.05, 4.69) is 28.4 Å². The topological polar surface area (TPSA) is 30.2 Å². The van der Waals surface area contributed by atoms with E-state index in [-0.39, 0.29) is 18.2 Å². The van der Waals surface area contributed by atoms with E-state index in [1.807, 2.05) is 18.2 Å². The number of quaternary nitrogens is 1. The Labute approximate surface area is 159 Å². The van der Waals surface area contributed by atoms with Gasteiger partial charge in [-0.05, 0) is 55.2 Å². The number of hydrogen-bond donors (Lipinski definition) is 1. The first-order valence-electron chi connectivity index (χ1n) is 8.85. The molecule has 2 heterocycles. The summed E-state index contributed by atoms with van der Waals surface area (Å²) < 4.78 is 13.2. The molecule has 4 rings (SSSR count). The van der Waals surface area contributed by atoms with Gasteiger partial charge in [0.05, 0.1) is 24.3 Å². The van der Waals surface area contributed by atoms with Gasteiger partial charge >= 0.3 is 0 Å². The molecule has 0 amide bonds. The third-order valence-electron chi connectivity index (χ3n) is 4.81. The zero-order valence-electron chi connectivity index (χ0n) is 14.5. The van der Waals surface area contributed by atoms with Crippen LogP contribution in [0.5, 0.6) is 0 Å². The zero-order valence-corrected chi connectivity index (χ0v) is 15.2. The highest BCUT2D eigenvalue weighted by atomic mass is 35.5. The van der Waals surface area contributed by atoms with Gasteiger partial charge in [-0.3, -0.25) is 4.90 Å². The molecule has 0 atom stereocenters. The lowest BCUT2D eigenvalue weighted by Gasteiger charge is -2.23. The Kier molecular flexibility index (Phi) is 5.96. The molecule has 0 spiro atoms. The summed E-state index contributed by atoms with van der Waals surface area (Å²) in [4.78, 5) is 1.41. The number of nitrogens with zero attached hydrogens (tertiary/aromatic N) is 2. The minimum absolute atomic E-state index is 0. The lowest BCUT2D eigenvalue weighted by Crippen LogP contribution is -3.08. The molecule has 0 saturated carbocycles. The molecule has 0 radical (unpaired) electrons. The fraction of sp³-hybridized carbons (Fsp3) is 0.238. The van der Waals surface area contributed by atoms with Crippen LogP contribution in [0.4, 0.5) is 10.2 Å². The van der Waals surface area contributed by atoms with Gasteiger partial charge in [-0.1, -0.05) is 35.4 Å². The van der Waals surface area contributed by atoms with Gasteiger partial charge in [-0.25, -0.2) is 4.39 Å². The van der Waals surface area contributed by atoms with Crippen molar-refractivity contribution in [1.29, 1.82) is 0 Å². The normalized spacial score (nSPS) is 14.7. The minimum Gasteiger partial charge on any atom is -1.00 e. The summed E-state index contributed by atoms with van der Waals surface area (Å²) in [6.45, 7) is 2.20. The zero-order chi connectivity index (χ0) is 17.1. The van der Waals surface area contributed by atoms with Gasteiger partial charge in [0.1, 0.15) is 5.82 Å². The van der Waals surface area contributed by atoms with Crippen molar-refractivity contribution in [3.63, 3.8) is 0 Å². The van der Waals surface area contributed by atoms with Gasteiger partial charge in [-0.2, -0.15) is 0 Å². The molecule has 3 aromatic rings. The Bertz CT molecular complexity index is 847. The number of halogens is 2. The second-order valence-electron chi connectivity index (χ2n) is 6.53. The SMILES string of the molecule is Fc1ccc(-c2cc(-c3ccccc3)c([NH+]3CCCCC3)nn2)cc1.[Cl-]. The molecule has 5 heteroatoms. The fourth-order valence-electron chi connectivity index (χ4n) is 3.47. The maximum absolute atomic E-state index is 13.2. The van der Waals surface area contributed by atoms with Crippen molar-refractivity contribution in [2.75, 3.05) is 13.1 Å². The predicted molar refractivity (Wildman–Crippen MR) is 97.1 cm³/mol. The number of hydrogen-bond acceptors (Lipinski definition) is 2. The van der Waals surface area contributed by atoms with E-state index in [0.717, 1.165) is 41.3 Å². The summed E-state index contributed by atoms with van der Waals surface area (Å²) in [7, 11) is 0. The molecule has 1 aromatic heterocycles. The smallest absolute Gasteiger partial charge is 0.253 e. The molecule has 1 fully saturated rings. The van der Waals surface area contributed by atoms with Crippen LogP contribution in [-0.2, 0) is 0 Å². The van der Waals surface area contributed by atoms with Gasteiger partial charge in [0.15, 0.2) is 0 Å². The summed E-state index contributed by atoms with van der Waals surface area (Å²) in [5, 5.41) is 9.04. The van der Waals surface area contributed by atoms with Crippen molar-refractivity contribution >= 4 is 5.82 Å². The van der Waals surface area contributed by atoms with Gasteiger partial charge < -0.3 is 12.4 Å². The Morgan fingerprint density at radius 3 is 2.15 bits per heavy atom. The molecular formula is C21H21ClFN3. The summed E-state index contributed by atoms with van der Waals surface area (Å²) in [5.41, 5.74) is 3.92. The van der Waals surface area contributed by atoms with Gasteiger partial charge in [0.25, 0.3) is 5.82 Å². The molecule has 26 heavy (non-hydrogen) atoms. The van der Waals surface area contributed by atoms with Crippen molar-refractivity contribution in [3.8, 4) is 22.4 Å². The summed E-state index contributed by atoms with van der Waals surface area (Å²) in [6.07, 6.45) is 3.75. The second-order valence-corrected chi connectivity index (χ2v) is 6.53. The maximum atomic E-state index is 13.2. The van der Waals surface area contributed by atoms with Crippen LogP contribution in [-0.4, -0.2) is 23.3 Å². The van der Waals surface area contributed by atoms with E-state index in [0.29, 0.717) is 0 Å². The quantitative estimate of drug-likeness (QED) is 0.735. The van der Waals surface area contributed by atoms with Crippen LogP contribution in [0, 0.1) is 5.82 Å². The van der Waals surface area contributed by atoms with Crippen LogP contribution in [0.25, 0.3) is 22.4 Å². The van der Waals surface area contributed by atoms with Crippen LogP contribution in [0.1, 0.15) is 19.3 Å². The standard InChI is InChI=1S/C21H20FN3.ClH/c22-18-11-9-17(10-12-18)20-15-19(16-7-3-1-4-8-16)21(24-23-20)25-13-5-2-6-14-25;/h1,3-4,7-12,15H,2,5-6,13-14H2;1H. The van der Waals surface area contributed by atoms with Crippen LogP contribution >= 0.6 is 0 Å². The Hall–Kier alpha value is -2.30. The van der Waals surface area contributed by atoms with E-state index in [1.54, 1.807) is 12.1 Å². The van der Waals surface area contributed by atoms with Crippen molar-refractivity contribution in [2.24, 2.45) is 0 Å². The molecule has 1 aliphatic rings. The summed E-state index contributed by atoms with van der Waals surface area (Å²) >= 11 is 0. The first kappa shape index (κ1) is 18.5. The molecule has 0 bridgehead atoms. The first-order valence-corrected chi connectivity index (χ1v) is 8.85. The van der Waals surface area contributed by atoms with Crippen LogP contribution < -0.4 is 17.3 Å². The number of benzene rings is 2. The molecule has 0 aliphatic carbocycles. The molecular weight excluding hydrogens is 349 g/mol. The minimum atomic E-state index is -0.241. The van der Waals surface area contributed by atoms with Crippen LogP contribution in [0.2, 0.25) is 0 Å². The predicted octanol–water partition coefficient (Wildman–Crippen LogP) is 0.654. The monoisotopic (exact) mass is 369 g/mol. The third-order valence-corrected chi connectivity index (χ3v) is 4.81. The van der Waals surface area contributed by atoms with Crippen molar-refractivity contribution in [3.05, 3.63) is 66.5 Å². The lowest BCUT2D eigenvalue weighted by atomic mass is 10.0. The number of aromatic nitrogens is 2. The van der Waals surface area contributed by atoms with E-state index >= 15 is 0 Å². The van der Waals surface area contributed by atoms with E-state index in [1.165, 1.54) is 36.3 Å². The summed E-state index contributed by atoms with van der Waals surface area (Å²) in [6, 6.07) is 18.8. The van der Waals surface area contributed by atoms with Crippen LogP contribution in [0.3, 0.4) is 0 Å². The Balaban J connectivity index is 0.00000196. The number of rotatable bonds is 3. The summed E-state index contributed by atoms with van der Waals surface area (Å²) in [5.74, 6) is 0.783.